The van der Waals surface area contributed by atoms with Crippen molar-refractivity contribution in [2.75, 3.05) is 20.3 Å². The van der Waals surface area contributed by atoms with Crippen LogP contribution in [0.4, 0.5) is 0 Å². The van der Waals surface area contributed by atoms with Crippen molar-refractivity contribution in [2.45, 2.75) is 34.1 Å². The molecule has 0 aliphatic rings. The molecule has 0 radical (unpaired) electrons. The lowest BCUT2D eigenvalue weighted by atomic mass is 9.94. The maximum atomic E-state index is 13.1. The van der Waals surface area contributed by atoms with Crippen LogP contribution in [0.1, 0.15) is 39.0 Å². The van der Waals surface area contributed by atoms with Gasteiger partial charge >= 0.3 is 0 Å². The van der Waals surface area contributed by atoms with Crippen LogP contribution in [0.25, 0.3) is 22.2 Å². The molecule has 1 amide bonds. The van der Waals surface area contributed by atoms with Crippen molar-refractivity contribution in [1.29, 1.82) is 0 Å². The fourth-order valence-electron chi connectivity index (χ4n) is 3.61. The van der Waals surface area contributed by atoms with Crippen molar-refractivity contribution >= 4 is 16.8 Å². The topological polar surface area (TPSA) is 51.2 Å². The van der Waals surface area contributed by atoms with Crippen LogP contribution in [-0.4, -0.2) is 31.2 Å². The van der Waals surface area contributed by atoms with Crippen LogP contribution in [-0.2, 0) is 4.74 Å². The molecule has 1 aromatic heterocycles. The van der Waals surface area contributed by atoms with E-state index in [-0.39, 0.29) is 5.91 Å². The zero-order valence-corrected chi connectivity index (χ0v) is 17.3. The highest BCUT2D eigenvalue weighted by atomic mass is 16.5. The third-order valence-electron chi connectivity index (χ3n) is 5.03. The van der Waals surface area contributed by atoms with Gasteiger partial charge in [0.05, 0.1) is 16.8 Å². The molecule has 146 valence electrons. The van der Waals surface area contributed by atoms with E-state index < -0.39 is 0 Å². The number of carbonyl (C=O) groups is 1. The first-order chi connectivity index (χ1) is 13.4. The van der Waals surface area contributed by atoms with Crippen molar-refractivity contribution < 1.29 is 9.53 Å². The zero-order valence-electron chi connectivity index (χ0n) is 17.3. The second-order valence-corrected chi connectivity index (χ2v) is 7.41. The number of fused-ring (bicyclic) bond motifs is 1. The lowest BCUT2D eigenvalue weighted by molar-refractivity contribution is 0.0949. The number of methoxy groups -OCH3 is 1. The molecule has 0 fully saturated rings. The van der Waals surface area contributed by atoms with E-state index in [9.17, 15) is 4.79 Å². The van der Waals surface area contributed by atoms with E-state index in [0.717, 1.165) is 45.3 Å². The number of hydrogen-bond acceptors (Lipinski definition) is 3. The maximum Gasteiger partial charge on any atom is 0.252 e. The standard InChI is InChI=1S/C24H28N2O2/c1-15-7-9-19(10-8-15)23-18(4)21(24(27)25-11-6-12-28-5)20-14-16(2)13-17(3)22(20)26-23/h7-10,13-14H,6,11-12H2,1-5H3,(H,25,27). The van der Waals surface area contributed by atoms with Gasteiger partial charge in [0.2, 0.25) is 0 Å². The van der Waals surface area contributed by atoms with Crippen LogP contribution < -0.4 is 5.32 Å². The van der Waals surface area contributed by atoms with Crippen molar-refractivity contribution in [3.63, 3.8) is 0 Å². The van der Waals surface area contributed by atoms with E-state index in [4.69, 9.17) is 9.72 Å². The van der Waals surface area contributed by atoms with Crippen molar-refractivity contribution in [3.8, 4) is 11.3 Å². The molecular weight excluding hydrogens is 348 g/mol. The molecule has 1 heterocycles. The Kier molecular flexibility index (Phi) is 6.10. The van der Waals surface area contributed by atoms with Crippen LogP contribution in [0.3, 0.4) is 0 Å². The molecule has 0 spiro atoms. The number of pyridine rings is 1. The molecule has 1 N–H and O–H groups in total. The van der Waals surface area contributed by atoms with Gasteiger partial charge < -0.3 is 10.1 Å². The molecule has 0 bridgehead atoms. The first-order valence-electron chi connectivity index (χ1n) is 9.68. The molecule has 0 aliphatic heterocycles. The second kappa shape index (κ2) is 8.53. The Bertz CT molecular complexity index is 1010. The summed E-state index contributed by atoms with van der Waals surface area (Å²) in [6.45, 7) is 9.37. The summed E-state index contributed by atoms with van der Waals surface area (Å²) in [5.74, 6) is -0.0561. The number of rotatable bonds is 6. The summed E-state index contributed by atoms with van der Waals surface area (Å²) in [6, 6.07) is 12.5. The Labute approximate surface area is 166 Å². The van der Waals surface area contributed by atoms with Gasteiger partial charge in [-0.25, -0.2) is 4.98 Å². The number of hydrogen-bond donors (Lipinski definition) is 1. The predicted octanol–water partition coefficient (Wildman–Crippen LogP) is 4.90. The average Bonchev–Trinajstić information content (AvgIpc) is 2.65. The first kappa shape index (κ1) is 20.0. The Morgan fingerprint density at radius 1 is 1.04 bits per heavy atom. The molecule has 2 aromatic carbocycles. The Hall–Kier alpha value is -2.72. The van der Waals surface area contributed by atoms with E-state index in [2.05, 4.69) is 62.5 Å². The third-order valence-corrected chi connectivity index (χ3v) is 5.03. The summed E-state index contributed by atoms with van der Waals surface area (Å²) >= 11 is 0. The van der Waals surface area contributed by atoms with Gasteiger partial charge in [0.15, 0.2) is 0 Å². The van der Waals surface area contributed by atoms with Gasteiger partial charge in [0, 0.05) is 31.2 Å². The Balaban J connectivity index is 2.17. The van der Waals surface area contributed by atoms with E-state index in [0.29, 0.717) is 18.7 Å². The van der Waals surface area contributed by atoms with Gasteiger partial charge in [-0.3, -0.25) is 4.79 Å². The normalized spacial score (nSPS) is 11.0. The highest BCUT2D eigenvalue weighted by molar-refractivity contribution is 6.09. The molecule has 0 unspecified atom stereocenters. The molecule has 4 heteroatoms. The minimum Gasteiger partial charge on any atom is -0.385 e. The van der Waals surface area contributed by atoms with Crippen LogP contribution >= 0.6 is 0 Å². The average molecular weight is 377 g/mol. The Morgan fingerprint density at radius 3 is 2.43 bits per heavy atom. The highest BCUT2D eigenvalue weighted by Crippen LogP contribution is 2.32. The number of aryl methyl sites for hydroxylation is 3. The summed E-state index contributed by atoms with van der Waals surface area (Å²) in [7, 11) is 1.67. The lowest BCUT2D eigenvalue weighted by Crippen LogP contribution is -2.26. The van der Waals surface area contributed by atoms with Crippen molar-refractivity contribution in [3.05, 3.63) is 64.2 Å². The zero-order chi connectivity index (χ0) is 20.3. The molecule has 0 saturated carbocycles. The van der Waals surface area contributed by atoms with Gasteiger partial charge in [0.1, 0.15) is 0 Å². The van der Waals surface area contributed by atoms with E-state index >= 15 is 0 Å². The summed E-state index contributed by atoms with van der Waals surface area (Å²) < 4.78 is 5.08. The lowest BCUT2D eigenvalue weighted by Gasteiger charge is -2.16. The molecule has 0 aliphatic carbocycles. The van der Waals surface area contributed by atoms with Crippen molar-refractivity contribution in [2.24, 2.45) is 0 Å². The number of carbonyl (C=O) groups excluding carboxylic acids is 1. The molecule has 0 saturated heterocycles. The maximum absolute atomic E-state index is 13.1. The molecule has 28 heavy (non-hydrogen) atoms. The predicted molar refractivity (Wildman–Crippen MR) is 115 cm³/mol. The summed E-state index contributed by atoms with van der Waals surface area (Å²) in [5.41, 5.74) is 7.80. The molecular formula is C24H28N2O2. The van der Waals surface area contributed by atoms with Crippen LogP contribution in [0, 0.1) is 27.7 Å². The Morgan fingerprint density at radius 2 is 1.75 bits per heavy atom. The van der Waals surface area contributed by atoms with E-state index in [1.807, 2.05) is 6.92 Å². The number of ether oxygens (including phenoxy) is 1. The fourth-order valence-corrected chi connectivity index (χ4v) is 3.61. The number of amides is 1. The minimum absolute atomic E-state index is 0.0561. The number of nitrogens with zero attached hydrogens (tertiary/aromatic N) is 1. The van der Waals surface area contributed by atoms with Crippen LogP contribution in [0.15, 0.2) is 36.4 Å². The minimum atomic E-state index is -0.0561. The van der Waals surface area contributed by atoms with Gasteiger partial charge in [-0.2, -0.15) is 0 Å². The molecule has 3 aromatic rings. The monoisotopic (exact) mass is 376 g/mol. The van der Waals surface area contributed by atoms with Gasteiger partial charge in [-0.15, -0.1) is 0 Å². The van der Waals surface area contributed by atoms with Crippen LogP contribution in [0.2, 0.25) is 0 Å². The number of nitrogens with one attached hydrogen (secondary N) is 1. The van der Waals surface area contributed by atoms with E-state index in [1.165, 1.54) is 5.56 Å². The fraction of sp³-hybridized carbons (Fsp3) is 0.333. The second-order valence-electron chi connectivity index (χ2n) is 7.41. The quantitative estimate of drug-likeness (QED) is 0.623. The molecule has 4 nitrogen and oxygen atoms in total. The van der Waals surface area contributed by atoms with Crippen LogP contribution in [0.5, 0.6) is 0 Å². The largest absolute Gasteiger partial charge is 0.385 e. The number of benzene rings is 2. The SMILES string of the molecule is COCCCNC(=O)c1c(C)c(-c2ccc(C)cc2)nc2c(C)cc(C)cc12. The third kappa shape index (κ3) is 4.07. The summed E-state index contributed by atoms with van der Waals surface area (Å²) in [5, 5.41) is 3.96. The number of aromatic nitrogens is 1. The summed E-state index contributed by atoms with van der Waals surface area (Å²) in [4.78, 5) is 18.1. The van der Waals surface area contributed by atoms with E-state index in [1.54, 1.807) is 7.11 Å². The first-order valence-corrected chi connectivity index (χ1v) is 9.68. The molecule has 3 rings (SSSR count). The van der Waals surface area contributed by atoms with Gasteiger partial charge in [-0.1, -0.05) is 41.5 Å². The van der Waals surface area contributed by atoms with Gasteiger partial charge in [-0.05, 0) is 51.3 Å². The van der Waals surface area contributed by atoms with Gasteiger partial charge in [0.25, 0.3) is 5.91 Å². The smallest absolute Gasteiger partial charge is 0.252 e. The highest BCUT2D eigenvalue weighted by Gasteiger charge is 2.20. The van der Waals surface area contributed by atoms with Crippen molar-refractivity contribution in [1.82, 2.24) is 10.3 Å². The molecule has 0 atom stereocenters. The summed E-state index contributed by atoms with van der Waals surface area (Å²) in [6.07, 6.45) is 0.785.